The Morgan fingerprint density at radius 2 is 2.10 bits per heavy atom. The van der Waals surface area contributed by atoms with Crippen molar-refractivity contribution in [1.29, 1.82) is 0 Å². The zero-order chi connectivity index (χ0) is 14.2. The molecule has 0 radical (unpaired) electrons. The van der Waals surface area contributed by atoms with Crippen LogP contribution in [0.15, 0.2) is 49.0 Å². The van der Waals surface area contributed by atoms with Crippen molar-refractivity contribution in [2.45, 2.75) is 32.6 Å². The molecule has 0 aliphatic heterocycles. The van der Waals surface area contributed by atoms with Gasteiger partial charge in [-0.3, -0.25) is 0 Å². The van der Waals surface area contributed by atoms with E-state index >= 15 is 0 Å². The summed E-state index contributed by atoms with van der Waals surface area (Å²) in [6.45, 7) is 4.18. The molecule has 2 aromatic rings. The lowest BCUT2D eigenvalue weighted by molar-refractivity contribution is 0.639. The lowest BCUT2D eigenvalue weighted by atomic mass is 10.0. The van der Waals surface area contributed by atoms with Crippen LogP contribution in [0.25, 0.3) is 11.2 Å². The van der Waals surface area contributed by atoms with Crippen LogP contribution < -0.4 is 0 Å². The van der Waals surface area contributed by atoms with E-state index in [4.69, 9.17) is 0 Å². The summed E-state index contributed by atoms with van der Waals surface area (Å²) in [6, 6.07) is 0. The van der Waals surface area contributed by atoms with Gasteiger partial charge in [0, 0.05) is 5.92 Å². The molecule has 4 heteroatoms. The molecule has 0 bridgehead atoms. The molecule has 104 valence electrons. The fourth-order valence-electron chi connectivity index (χ4n) is 2.01. The summed E-state index contributed by atoms with van der Waals surface area (Å²) in [5.41, 5.74) is 1.64. The summed E-state index contributed by atoms with van der Waals surface area (Å²) in [5.74, 6) is 1.38. The van der Waals surface area contributed by atoms with Crippen LogP contribution in [-0.4, -0.2) is 19.9 Å². The number of hydrogen-bond acceptors (Lipinski definition) is 3. The highest BCUT2D eigenvalue weighted by atomic mass is 15.0. The summed E-state index contributed by atoms with van der Waals surface area (Å²) in [4.78, 5) is 16.0. The Morgan fingerprint density at radius 3 is 2.85 bits per heavy atom. The van der Waals surface area contributed by atoms with E-state index in [1.165, 1.54) is 6.33 Å². The molecule has 20 heavy (non-hydrogen) atoms. The number of hydrogen-bond donors (Lipinski definition) is 1. The molecule has 0 aromatic carbocycles. The van der Waals surface area contributed by atoms with Crippen molar-refractivity contribution in [3.63, 3.8) is 0 Å². The molecule has 4 nitrogen and oxygen atoms in total. The van der Waals surface area contributed by atoms with E-state index in [2.05, 4.69) is 39.0 Å². The molecular formula is C16H20N4. The normalized spacial score (nSPS) is 14.1. The maximum atomic E-state index is 4.54. The predicted octanol–water partition coefficient (Wildman–Crippen LogP) is 3.93. The number of imidazole rings is 1. The molecule has 2 rings (SSSR count). The van der Waals surface area contributed by atoms with Crippen molar-refractivity contribution in [2.24, 2.45) is 0 Å². The van der Waals surface area contributed by atoms with Crippen molar-refractivity contribution in [2.75, 3.05) is 0 Å². The average Bonchev–Trinajstić information content (AvgIpc) is 2.90. The molecule has 2 aromatic heterocycles. The number of aromatic nitrogens is 4. The van der Waals surface area contributed by atoms with Crippen molar-refractivity contribution in [3.05, 3.63) is 54.8 Å². The Hall–Kier alpha value is -2.23. The second-order valence-corrected chi connectivity index (χ2v) is 4.56. The first-order valence-electron chi connectivity index (χ1n) is 6.95. The third kappa shape index (κ3) is 3.63. The molecule has 1 unspecified atom stereocenters. The minimum Gasteiger partial charge on any atom is -0.339 e. The van der Waals surface area contributed by atoms with Gasteiger partial charge < -0.3 is 4.98 Å². The van der Waals surface area contributed by atoms with Crippen LogP contribution in [0.4, 0.5) is 0 Å². The second kappa shape index (κ2) is 7.38. The first-order valence-corrected chi connectivity index (χ1v) is 6.95. The first-order chi connectivity index (χ1) is 9.85. The number of rotatable bonds is 6. The Morgan fingerprint density at radius 1 is 1.25 bits per heavy atom. The van der Waals surface area contributed by atoms with Gasteiger partial charge in [0.2, 0.25) is 0 Å². The molecular weight excluding hydrogens is 248 g/mol. The van der Waals surface area contributed by atoms with Gasteiger partial charge in [0.1, 0.15) is 17.7 Å². The molecule has 0 saturated carbocycles. The Labute approximate surface area is 119 Å². The van der Waals surface area contributed by atoms with E-state index in [0.717, 1.165) is 29.8 Å². The minimum atomic E-state index is 0.385. The molecule has 1 atom stereocenters. The van der Waals surface area contributed by atoms with Gasteiger partial charge in [-0.05, 0) is 19.8 Å². The first kappa shape index (κ1) is 14.2. The fraction of sp³-hybridized carbons (Fsp3) is 0.312. The van der Waals surface area contributed by atoms with Crippen LogP contribution in [-0.2, 0) is 0 Å². The Balaban J connectivity index is 2.04. The third-order valence-electron chi connectivity index (χ3n) is 3.14. The summed E-state index contributed by atoms with van der Waals surface area (Å²) >= 11 is 0. The highest BCUT2D eigenvalue weighted by Gasteiger charge is 2.12. The van der Waals surface area contributed by atoms with Crippen LogP contribution in [0.3, 0.4) is 0 Å². The molecule has 0 saturated heterocycles. The molecule has 0 spiro atoms. The quantitative estimate of drug-likeness (QED) is 0.808. The van der Waals surface area contributed by atoms with Gasteiger partial charge in [-0.1, -0.05) is 43.4 Å². The lowest BCUT2D eigenvalue weighted by Crippen LogP contribution is -1.98. The van der Waals surface area contributed by atoms with Crippen LogP contribution in [0.5, 0.6) is 0 Å². The number of nitrogens with one attached hydrogen (secondary N) is 1. The van der Waals surface area contributed by atoms with Crippen molar-refractivity contribution in [1.82, 2.24) is 19.9 Å². The number of H-pyrrole nitrogens is 1. The van der Waals surface area contributed by atoms with E-state index in [1.807, 2.05) is 31.2 Å². The largest absolute Gasteiger partial charge is 0.339 e. The highest BCUT2D eigenvalue weighted by molar-refractivity contribution is 5.68. The number of aromatic amines is 1. The predicted molar refractivity (Wildman–Crippen MR) is 82.4 cm³/mol. The monoisotopic (exact) mass is 268 g/mol. The summed E-state index contributed by atoms with van der Waals surface area (Å²) in [6.07, 6.45) is 17.6. The van der Waals surface area contributed by atoms with E-state index in [1.54, 1.807) is 6.20 Å². The van der Waals surface area contributed by atoms with Gasteiger partial charge in [0.25, 0.3) is 0 Å². The van der Waals surface area contributed by atoms with E-state index in [9.17, 15) is 0 Å². The Kier molecular flexibility index (Phi) is 5.24. The average molecular weight is 268 g/mol. The summed E-state index contributed by atoms with van der Waals surface area (Å²) in [5, 5.41) is 0. The third-order valence-corrected chi connectivity index (χ3v) is 3.14. The Bertz CT molecular complexity index is 589. The van der Waals surface area contributed by atoms with Crippen LogP contribution in [0.1, 0.15) is 38.4 Å². The maximum absolute atomic E-state index is 4.54. The second-order valence-electron chi connectivity index (χ2n) is 4.56. The summed E-state index contributed by atoms with van der Waals surface area (Å²) < 4.78 is 0. The number of allylic oxidation sites excluding steroid dienone is 6. The zero-order valence-corrected chi connectivity index (χ0v) is 12.0. The maximum Gasteiger partial charge on any atom is 0.180 e. The van der Waals surface area contributed by atoms with Gasteiger partial charge in [-0.15, -0.1) is 0 Å². The molecule has 0 aliphatic rings. The molecule has 0 amide bonds. The molecule has 0 fully saturated rings. The smallest absolute Gasteiger partial charge is 0.180 e. The standard InChI is InChI=1S/C16H20N4/c1-3-5-6-7-8-9-10-13(4-2)15-19-14-11-17-12-18-16(14)20-15/h3,5-9,11-13H,4,10H2,1-2H3,(H,17,18,19,20). The van der Waals surface area contributed by atoms with Gasteiger partial charge in [0.05, 0.1) is 6.20 Å². The zero-order valence-electron chi connectivity index (χ0n) is 12.0. The van der Waals surface area contributed by atoms with E-state index in [-0.39, 0.29) is 0 Å². The highest BCUT2D eigenvalue weighted by Crippen LogP contribution is 2.22. The van der Waals surface area contributed by atoms with E-state index < -0.39 is 0 Å². The SMILES string of the molecule is CC=CC=CC=CCC(CC)c1nc2ncncc2[nH]1. The summed E-state index contributed by atoms with van der Waals surface area (Å²) in [7, 11) is 0. The minimum absolute atomic E-state index is 0.385. The number of nitrogens with zero attached hydrogens (tertiary/aromatic N) is 3. The molecule has 2 heterocycles. The van der Waals surface area contributed by atoms with Crippen molar-refractivity contribution < 1.29 is 0 Å². The van der Waals surface area contributed by atoms with Crippen molar-refractivity contribution in [3.8, 4) is 0 Å². The van der Waals surface area contributed by atoms with E-state index in [0.29, 0.717) is 5.92 Å². The topological polar surface area (TPSA) is 54.5 Å². The molecule has 0 aliphatic carbocycles. The number of fused-ring (bicyclic) bond motifs is 1. The molecule has 1 N–H and O–H groups in total. The van der Waals surface area contributed by atoms with Crippen LogP contribution >= 0.6 is 0 Å². The van der Waals surface area contributed by atoms with Gasteiger partial charge in [-0.25, -0.2) is 15.0 Å². The van der Waals surface area contributed by atoms with Crippen LogP contribution in [0.2, 0.25) is 0 Å². The lowest BCUT2D eigenvalue weighted by Gasteiger charge is -2.08. The van der Waals surface area contributed by atoms with Crippen molar-refractivity contribution >= 4 is 11.2 Å². The van der Waals surface area contributed by atoms with Gasteiger partial charge in [-0.2, -0.15) is 0 Å². The van der Waals surface area contributed by atoms with Gasteiger partial charge in [0.15, 0.2) is 5.65 Å². The van der Waals surface area contributed by atoms with Gasteiger partial charge >= 0.3 is 0 Å². The fourth-order valence-corrected chi connectivity index (χ4v) is 2.01. The van der Waals surface area contributed by atoms with Crippen LogP contribution in [0, 0.1) is 0 Å².